The van der Waals surface area contributed by atoms with Gasteiger partial charge in [-0.3, -0.25) is 0 Å². The summed E-state index contributed by atoms with van der Waals surface area (Å²) in [5, 5.41) is 6.76. The summed E-state index contributed by atoms with van der Waals surface area (Å²) in [5.74, 6) is 1.16. The highest BCUT2D eigenvalue weighted by molar-refractivity contribution is 8.02. The second-order valence-corrected chi connectivity index (χ2v) is 6.51. The fourth-order valence-electron chi connectivity index (χ4n) is 1.18. The van der Waals surface area contributed by atoms with Crippen LogP contribution in [0.15, 0.2) is 5.38 Å². The topological polar surface area (TPSA) is 24.9 Å². The molecule has 0 aliphatic carbocycles. The second kappa shape index (κ2) is 3.33. The second-order valence-electron chi connectivity index (χ2n) is 3.59. The maximum absolute atomic E-state index is 5.73. The molecule has 1 saturated heterocycles. The first-order valence-electron chi connectivity index (χ1n) is 4.09. The minimum atomic E-state index is 0.331. The van der Waals surface area contributed by atoms with Gasteiger partial charge in [-0.2, -0.15) is 11.8 Å². The highest BCUT2D eigenvalue weighted by atomic mass is 35.5. The SMILES string of the molecule is CC1(C)SCC1Nc1nc(Cl)cs1. The number of nitrogens with zero attached hydrogens (tertiary/aromatic N) is 1. The Kier molecular flexibility index (Phi) is 2.47. The zero-order chi connectivity index (χ0) is 9.47. The Morgan fingerprint density at radius 3 is 2.85 bits per heavy atom. The van der Waals surface area contributed by atoms with Crippen LogP contribution in [-0.4, -0.2) is 21.5 Å². The number of halogens is 1. The molecule has 1 unspecified atom stereocenters. The van der Waals surface area contributed by atoms with E-state index >= 15 is 0 Å². The molecule has 2 nitrogen and oxygen atoms in total. The largest absolute Gasteiger partial charge is 0.357 e. The number of rotatable bonds is 2. The van der Waals surface area contributed by atoms with E-state index < -0.39 is 0 Å². The van der Waals surface area contributed by atoms with Crippen molar-refractivity contribution in [1.82, 2.24) is 4.98 Å². The first kappa shape index (κ1) is 9.62. The predicted octanol–water partition coefficient (Wildman–Crippen LogP) is 3.10. The molecule has 0 radical (unpaired) electrons. The average molecular weight is 235 g/mol. The van der Waals surface area contributed by atoms with Crippen molar-refractivity contribution in [3.05, 3.63) is 10.5 Å². The molecule has 2 rings (SSSR count). The van der Waals surface area contributed by atoms with Crippen molar-refractivity contribution in [3.8, 4) is 0 Å². The van der Waals surface area contributed by atoms with Crippen molar-refractivity contribution in [1.29, 1.82) is 0 Å². The van der Waals surface area contributed by atoms with Gasteiger partial charge in [-0.15, -0.1) is 11.3 Å². The van der Waals surface area contributed by atoms with Gasteiger partial charge in [0.25, 0.3) is 0 Å². The van der Waals surface area contributed by atoms with Gasteiger partial charge in [-0.1, -0.05) is 11.6 Å². The maximum Gasteiger partial charge on any atom is 0.184 e. The predicted molar refractivity (Wildman–Crippen MR) is 61.1 cm³/mol. The van der Waals surface area contributed by atoms with Gasteiger partial charge in [-0.05, 0) is 13.8 Å². The zero-order valence-corrected chi connectivity index (χ0v) is 9.89. The van der Waals surface area contributed by atoms with Crippen LogP contribution in [0.3, 0.4) is 0 Å². The molecule has 1 fully saturated rings. The lowest BCUT2D eigenvalue weighted by molar-refractivity contribution is 0.576. The smallest absolute Gasteiger partial charge is 0.184 e. The lowest BCUT2D eigenvalue weighted by Gasteiger charge is -2.43. The molecule has 1 aliphatic rings. The minimum Gasteiger partial charge on any atom is -0.357 e. The average Bonchev–Trinajstić information content (AvgIpc) is 2.46. The number of thioether (sulfide) groups is 1. The number of nitrogens with one attached hydrogen (secondary N) is 1. The van der Waals surface area contributed by atoms with E-state index in [0.29, 0.717) is 15.9 Å². The van der Waals surface area contributed by atoms with Gasteiger partial charge in [0.1, 0.15) is 5.15 Å². The van der Waals surface area contributed by atoms with Crippen LogP contribution in [0.1, 0.15) is 13.8 Å². The van der Waals surface area contributed by atoms with Crippen LogP contribution < -0.4 is 5.32 Å². The summed E-state index contributed by atoms with van der Waals surface area (Å²) >= 11 is 9.27. The van der Waals surface area contributed by atoms with Crippen LogP contribution in [0.5, 0.6) is 0 Å². The number of anilines is 1. The van der Waals surface area contributed by atoms with Crippen LogP contribution in [0.25, 0.3) is 0 Å². The number of thiazole rings is 1. The number of aromatic nitrogens is 1. The molecular weight excluding hydrogens is 224 g/mol. The van der Waals surface area contributed by atoms with Crippen molar-refractivity contribution in [2.45, 2.75) is 24.6 Å². The van der Waals surface area contributed by atoms with Crippen molar-refractivity contribution < 1.29 is 0 Å². The fourth-order valence-corrected chi connectivity index (χ4v) is 3.22. The van der Waals surface area contributed by atoms with E-state index in [0.717, 1.165) is 10.9 Å². The fraction of sp³-hybridized carbons (Fsp3) is 0.625. The molecular formula is C8H11ClN2S2. The van der Waals surface area contributed by atoms with Crippen molar-refractivity contribution in [3.63, 3.8) is 0 Å². The summed E-state index contributed by atoms with van der Waals surface area (Å²) in [6.45, 7) is 4.49. The van der Waals surface area contributed by atoms with E-state index in [-0.39, 0.29) is 0 Å². The van der Waals surface area contributed by atoms with Crippen LogP contribution in [0, 0.1) is 0 Å². The molecule has 0 amide bonds. The Hall–Kier alpha value is 0.0700. The molecule has 1 N–H and O–H groups in total. The molecule has 2 heterocycles. The third-order valence-electron chi connectivity index (χ3n) is 2.24. The Morgan fingerprint density at radius 1 is 1.69 bits per heavy atom. The van der Waals surface area contributed by atoms with Crippen molar-refractivity contribution in [2.24, 2.45) is 0 Å². The zero-order valence-electron chi connectivity index (χ0n) is 7.50. The van der Waals surface area contributed by atoms with E-state index in [1.165, 1.54) is 0 Å². The molecule has 72 valence electrons. The summed E-state index contributed by atoms with van der Waals surface area (Å²) in [5.41, 5.74) is 0. The van der Waals surface area contributed by atoms with Gasteiger partial charge in [0.05, 0.1) is 6.04 Å². The lowest BCUT2D eigenvalue weighted by Crippen LogP contribution is -2.50. The van der Waals surface area contributed by atoms with Crippen LogP contribution >= 0.6 is 34.7 Å². The summed E-state index contributed by atoms with van der Waals surface area (Å²) in [4.78, 5) is 4.16. The van der Waals surface area contributed by atoms with Gasteiger partial charge in [-0.25, -0.2) is 4.98 Å². The first-order chi connectivity index (χ1) is 6.08. The summed E-state index contributed by atoms with van der Waals surface area (Å²) < 4.78 is 0.331. The van der Waals surface area contributed by atoms with E-state index in [9.17, 15) is 0 Å². The highest BCUT2D eigenvalue weighted by Crippen LogP contribution is 2.41. The molecule has 0 saturated carbocycles. The van der Waals surface area contributed by atoms with E-state index in [2.05, 4.69) is 24.1 Å². The van der Waals surface area contributed by atoms with Crippen LogP contribution in [-0.2, 0) is 0 Å². The Balaban J connectivity index is 1.99. The first-order valence-corrected chi connectivity index (χ1v) is 6.34. The van der Waals surface area contributed by atoms with Gasteiger partial charge in [0, 0.05) is 15.9 Å². The molecule has 1 aliphatic heterocycles. The number of hydrogen-bond acceptors (Lipinski definition) is 4. The van der Waals surface area contributed by atoms with Gasteiger partial charge in [0.15, 0.2) is 5.13 Å². The van der Waals surface area contributed by atoms with Gasteiger partial charge < -0.3 is 5.32 Å². The third-order valence-corrected chi connectivity index (χ3v) is 4.86. The van der Waals surface area contributed by atoms with Crippen molar-refractivity contribution >= 4 is 39.8 Å². The third kappa shape index (κ3) is 1.95. The Bertz CT molecular complexity index is 311. The molecule has 5 heteroatoms. The molecule has 0 aromatic carbocycles. The van der Waals surface area contributed by atoms with Crippen LogP contribution in [0.2, 0.25) is 5.15 Å². The van der Waals surface area contributed by atoms with Gasteiger partial charge in [0.2, 0.25) is 0 Å². The normalized spacial score (nSPS) is 25.3. The Morgan fingerprint density at radius 2 is 2.46 bits per heavy atom. The molecule has 1 aromatic heterocycles. The standard InChI is InChI=1S/C8H11ClN2S2/c1-8(2)5(3-13-8)10-7-11-6(9)4-12-7/h4-5H,3H2,1-2H3,(H,10,11). The highest BCUT2D eigenvalue weighted by Gasteiger charge is 2.39. The molecule has 13 heavy (non-hydrogen) atoms. The quantitative estimate of drug-likeness (QED) is 0.851. The minimum absolute atomic E-state index is 0.331. The van der Waals surface area contributed by atoms with E-state index in [1.54, 1.807) is 11.3 Å². The molecule has 0 bridgehead atoms. The lowest BCUT2D eigenvalue weighted by atomic mass is 10.0. The summed E-state index contributed by atoms with van der Waals surface area (Å²) in [6.07, 6.45) is 0. The van der Waals surface area contributed by atoms with Gasteiger partial charge >= 0.3 is 0 Å². The van der Waals surface area contributed by atoms with E-state index in [1.807, 2.05) is 17.1 Å². The molecule has 0 spiro atoms. The van der Waals surface area contributed by atoms with E-state index in [4.69, 9.17) is 11.6 Å². The monoisotopic (exact) mass is 234 g/mol. The summed E-state index contributed by atoms with van der Waals surface area (Å²) in [7, 11) is 0. The van der Waals surface area contributed by atoms with Crippen LogP contribution in [0.4, 0.5) is 5.13 Å². The molecule has 1 aromatic rings. The number of hydrogen-bond donors (Lipinski definition) is 1. The maximum atomic E-state index is 5.73. The Labute approximate surface area is 91.1 Å². The summed E-state index contributed by atoms with van der Waals surface area (Å²) in [6, 6.07) is 0.528. The molecule has 1 atom stereocenters. The van der Waals surface area contributed by atoms with Crippen molar-refractivity contribution in [2.75, 3.05) is 11.1 Å².